The van der Waals surface area contributed by atoms with Gasteiger partial charge in [0.1, 0.15) is 23.7 Å². The molecule has 3 aromatic heterocycles. The Hall–Kier alpha value is -3.78. The van der Waals surface area contributed by atoms with Crippen molar-refractivity contribution >= 4 is 38.3 Å². The molecule has 7 nitrogen and oxygen atoms in total. The highest BCUT2D eigenvalue weighted by atomic mass is 32.1. The lowest BCUT2D eigenvalue weighted by Gasteiger charge is -2.18. The number of para-hydroxylation sites is 1. The van der Waals surface area contributed by atoms with Gasteiger partial charge >= 0.3 is 0 Å². The molecule has 31 heavy (non-hydrogen) atoms. The topological polar surface area (TPSA) is 84.0 Å². The highest BCUT2D eigenvalue weighted by Crippen LogP contribution is 2.37. The average molecular weight is 430 g/mol. The molecule has 0 saturated carbocycles. The standard InChI is InChI=1S/C23H19N5O2S/c1-28(12-20-26-17-6-4-3-5-16(17)23(29)27-20)22-21-18(24-13-25-22)11-19(31-21)14-7-9-15(30-2)10-8-14/h3-11,13H,12H2,1-2H3,(H,26,27,29). The second-order valence-electron chi connectivity index (χ2n) is 7.14. The van der Waals surface area contributed by atoms with E-state index in [0.29, 0.717) is 23.3 Å². The van der Waals surface area contributed by atoms with E-state index in [1.54, 1.807) is 30.8 Å². The molecule has 3 heterocycles. The second kappa shape index (κ2) is 7.81. The largest absolute Gasteiger partial charge is 0.497 e. The molecule has 0 saturated heterocycles. The molecule has 0 fully saturated rings. The van der Waals surface area contributed by atoms with Crippen molar-refractivity contribution in [2.24, 2.45) is 0 Å². The summed E-state index contributed by atoms with van der Waals surface area (Å²) in [5.41, 5.74) is 2.52. The second-order valence-corrected chi connectivity index (χ2v) is 8.19. The fourth-order valence-electron chi connectivity index (χ4n) is 3.52. The number of nitrogens with one attached hydrogen (secondary N) is 1. The quantitative estimate of drug-likeness (QED) is 0.450. The van der Waals surface area contributed by atoms with Crippen LogP contribution in [0, 0.1) is 0 Å². The summed E-state index contributed by atoms with van der Waals surface area (Å²) >= 11 is 1.64. The van der Waals surface area contributed by atoms with Gasteiger partial charge in [0.2, 0.25) is 0 Å². The Balaban J connectivity index is 1.49. The minimum absolute atomic E-state index is 0.139. The summed E-state index contributed by atoms with van der Waals surface area (Å²) in [5, 5.41) is 0.584. The Morgan fingerprint density at radius 1 is 1.06 bits per heavy atom. The number of thiophene rings is 1. The van der Waals surface area contributed by atoms with E-state index in [2.05, 4.69) is 26.0 Å². The summed E-state index contributed by atoms with van der Waals surface area (Å²) in [6.07, 6.45) is 1.56. The summed E-state index contributed by atoms with van der Waals surface area (Å²) in [4.78, 5) is 31.9. The van der Waals surface area contributed by atoms with Crippen LogP contribution in [-0.2, 0) is 6.54 Å². The van der Waals surface area contributed by atoms with E-state index in [1.165, 1.54) is 0 Å². The molecule has 5 rings (SSSR count). The molecule has 0 bridgehead atoms. The molecule has 0 aliphatic heterocycles. The molecule has 8 heteroatoms. The molecule has 0 spiro atoms. The van der Waals surface area contributed by atoms with E-state index in [0.717, 1.165) is 32.2 Å². The van der Waals surface area contributed by atoms with Crippen LogP contribution in [0.3, 0.4) is 0 Å². The molecule has 0 amide bonds. The summed E-state index contributed by atoms with van der Waals surface area (Å²) in [7, 11) is 3.59. The summed E-state index contributed by atoms with van der Waals surface area (Å²) in [5.74, 6) is 2.21. The number of aromatic nitrogens is 4. The van der Waals surface area contributed by atoms with Crippen molar-refractivity contribution in [2.75, 3.05) is 19.1 Å². The number of anilines is 1. The Kier molecular flexibility index (Phi) is 4.83. The first-order valence-corrected chi connectivity index (χ1v) is 10.5. The van der Waals surface area contributed by atoms with Crippen molar-refractivity contribution in [3.8, 4) is 16.2 Å². The minimum Gasteiger partial charge on any atom is -0.497 e. The lowest BCUT2D eigenvalue weighted by atomic mass is 10.2. The average Bonchev–Trinajstić information content (AvgIpc) is 3.23. The van der Waals surface area contributed by atoms with Crippen LogP contribution < -0.4 is 15.2 Å². The smallest absolute Gasteiger partial charge is 0.258 e. The van der Waals surface area contributed by atoms with Crippen molar-refractivity contribution < 1.29 is 4.74 Å². The number of hydrogen-bond acceptors (Lipinski definition) is 7. The summed E-state index contributed by atoms with van der Waals surface area (Å²) in [6, 6.07) is 17.3. The van der Waals surface area contributed by atoms with Crippen LogP contribution in [0.15, 0.2) is 65.7 Å². The fraction of sp³-hybridized carbons (Fsp3) is 0.130. The number of ether oxygens (including phenoxy) is 1. The Morgan fingerprint density at radius 2 is 1.87 bits per heavy atom. The molecular weight excluding hydrogens is 410 g/mol. The predicted octanol–water partition coefficient (Wildman–Crippen LogP) is 4.24. The first-order valence-electron chi connectivity index (χ1n) is 9.70. The van der Waals surface area contributed by atoms with E-state index < -0.39 is 0 Å². The number of methoxy groups -OCH3 is 1. The first-order chi connectivity index (χ1) is 15.1. The van der Waals surface area contributed by atoms with Crippen molar-refractivity contribution in [3.05, 3.63) is 77.1 Å². The van der Waals surface area contributed by atoms with Gasteiger partial charge in [-0.3, -0.25) is 4.79 Å². The molecule has 0 aliphatic carbocycles. The number of nitrogens with zero attached hydrogens (tertiary/aromatic N) is 4. The van der Waals surface area contributed by atoms with E-state index in [-0.39, 0.29) is 5.56 Å². The SMILES string of the molecule is COc1ccc(-c2cc3ncnc(N(C)Cc4nc5ccccc5c(=O)[nH]4)c3s2)cc1. The zero-order valence-electron chi connectivity index (χ0n) is 17.0. The lowest BCUT2D eigenvalue weighted by Crippen LogP contribution is -2.22. The van der Waals surface area contributed by atoms with Crippen molar-refractivity contribution in [1.29, 1.82) is 0 Å². The third-order valence-corrected chi connectivity index (χ3v) is 6.25. The number of aromatic amines is 1. The van der Waals surface area contributed by atoms with Crippen LogP contribution in [0.5, 0.6) is 5.75 Å². The maximum Gasteiger partial charge on any atom is 0.258 e. The van der Waals surface area contributed by atoms with Gasteiger partial charge in [-0.05, 0) is 48.0 Å². The monoisotopic (exact) mass is 429 g/mol. The van der Waals surface area contributed by atoms with Gasteiger partial charge in [-0.2, -0.15) is 0 Å². The lowest BCUT2D eigenvalue weighted by molar-refractivity contribution is 0.415. The molecule has 0 unspecified atom stereocenters. The highest BCUT2D eigenvalue weighted by Gasteiger charge is 2.15. The van der Waals surface area contributed by atoms with Crippen LogP contribution >= 0.6 is 11.3 Å². The first kappa shape index (κ1) is 19.2. The van der Waals surface area contributed by atoms with E-state index in [4.69, 9.17) is 4.74 Å². The molecule has 0 radical (unpaired) electrons. The van der Waals surface area contributed by atoms with Crippen molar-refractivity contribution in [2.45, 2.75) is 6.54 Å². The van der Waals surface area contributed by atoms with Gasteiger partial charge in [0, 0.05) is 11.9 Å². The van der Waals surface area contributed by atoms with Gasteiger partial charge in [-0.1, -0.05) is 12.1 Å². The van der Waals surface area contributed by atoms with Gasteiger partial charge in [-0.15, -0.1) is 11.3 Å². The number of rotatable bonds is 5. The molecule has 5 aromatic rings. The van der Waals surface area contributed by atoms with Crippen molar-refractivity contribution in [3.63, 3.8) is 0 Å². The van der Waals surface area contributed by atoms with Gasteiger partial charge < -0.3 is 14.6 Å². The Bertz CT molecular complexity index is 1440. The molecule has 0 aliphatic rings. The molecule has 154 valence electrons. The van der Waals surface area contributed by atoms with Crippen LogP contribution in [0.25, 0.3) is 31.6 Å². The maximum atomic E-state index is 12.4. The summed E-state index contributed by atoms with van der Waals surface area (Å²) in [6.45, 7) is 0.419. The number of hydrogen-bond donors (Lipinski definition) is 1. The number of benzene rings is 2. The van der Waals surface area contributed by atoms with Gasteiger partial charge in [0.05, 0.1) is 34.8 Å². The predicted molar refractivity (Wildman–Crippen MR) is 124 cm³/mol. The normalized spacial score (nSPS) is 11.2. The van der Waals surface area contributed by atoms with Crippen molar-refractivity contribution in [1.82, 2.24) is 19.9 Å². The molecule has 0 atom stereocenters. The van der Waals surface area contributed by atoms with Gasteiger partial charge in [0.25, 0.3) is 5.56 Å². The van der Waals surface area contributed by atoms with Crippen LogP contribution in [0.4, 0.5) is 5.82 Å². The zero-order valence-corrected chi connectivity index (χ0v) is 17.8. The Morgan fingerprint density at radius 3 is 2.68 bits per heavy atom. The number of H-pyrrole nitrogens is 1. The molecule has 1 N–H and O–H groups in total. The zero-order chi connectivity index (χ0) is 21.4. The van der Waals surface area contributed by atoms with Gasteiger partial charge in [0.15, 0.2) is 0 Å². The van der Waals surface area contributed by atoms with E-state index >= 15 is 0 Å². The molecule has 2 aromatic carbocycles. The maximum absolute atomic E-state index is 12.4. The fourth-order valence-corrected chi connectivity index (χ4v) is 4.68. The Labute approximate surface area is 182 Å². The van der Waals surface area contributed by atoms with Crippen LogP contribution in [-0.4, -0.2) is 34.1 Å². The molecular formula is C23H19N5O2S. The summed E-state index contributed by atoms with van der Waals surface area (Å²) < 4.78 is 6.23. The van der Waals surface area contributed by atoms with Gasteiger partial charge in [-0.25, -0.2) is 15.0 Å². The van der Waals surface area contributed by atoms with E-state index in [1.807, 2.05) is 54.4 Å². The van der Waals surface area contributed by atoms with E-state index in [9.17, 15) is 4.79 Å². The highest BCUT2D eigenvalue weighted by molar-refractivity contribution is 7.22. The minimum atomic E-state index is -0.139. The van der Waals surface area contributed by atoms with Crippen LogP contribution in [0.1, 0.15) is 5.82 Å². The third kappa shape index (κ3) is 3.62. The van der Waals surface area contributed by atoms with Crippen LogP contribution in [0.2, 0.25) is 0 Å². The third-order valence-electron chi connectivity index (χ3n) is 5.08. The number of fused-ring (bicyclic) bond motifs is 2.